The Hall–Kier alpha value is -3.02. The van der Waals surface area contributed by atoms with Crippen LogP contribution >= 0.6 is 0 Å². The van der Waals surface area contributed by atoms with Crippen molar-refractivity contribution in [1.29, 1.82) is 0 Å². The fraction of sp³-hybridized carbons (Fsp3) is 0.364. The van der Waals surface area contributed by atoms with Crippen LogP contribution in [0.5, 0.6) is 11.5 Å². The third kappa shape index (κ3) is 3.81. The summed E-state index contributed by atoms with van der Waals surface area (Å²) in [4.78, 5) is 27.2. The Morgan fingerprint density at radius 2 is 1.96 bits per heavy atom. The van der Waals surface area contributed by atoms with Gasteiger partial charge in [0.05, 0.1) is 23.3 Å². The number of hydrogen-bond acceptors (Lipinski definition) is 4. The molecule has 148 valence electrons. The van der Waals surface area contributed by atoms with E-state index < -0.39 is 5.41 Å². The van der Waals surface area contributed by atoms with Crippen LogP contribution in [0, 0.1) is 5.41 Å². The summed E-state index contributed by atoms with van der Waals surface area (Å²) in [6.07, 6.45) is 0. The zero-order valence-corrected chi connectivity index (χ0v) is 16.7. The SMILES string of the molecule is CCOc1ccccc1C(=O)Nc1ccc2c(c1)OCC(C)(C)C(=O)N2CC. The smallest absolute Gasteiger partial charge is 0.259 e. The largest absolute Gasteiger partial charge is 0.493 e. The van der Waals surface area contributed by atoms with E-state index in [0.717, 1.165) is 0 Å². The van der Waals surface area contributed by atoms with Gasteiger partial charge >= 0.3 is 0 Å². The number of nitrogens with zero attached hydrogens (tertiary/aromatic N) is 1. The Balaban J connectivity index is 1.88. The summed E-state index contributed by atoms with van der Waals surface area (Å²) >= 11 is 0. The van der Waals surface area contributed by atoms with Crippen molar-refractivity contribution < 1.29 is 19.1 Å². The van der Waals surface area contributed by atoms with E-state index in [4.69, 9.17) is 9.47 Å². The first-order chi connectivity index (χ1) is 13.4. The maximum absolute atomic E-state index is 12.8. The second kappa shape index (κ2) is 7.92. The van der Waals surface area contributed by atoms with Crippen LogP contribution < -0.4 is 19.7 Å². The van der Waals surface area contributed by atoms with Crippen LogP contribution in [0.15, 0.2) is 42.5 Å². The lowest BCUT2D eigenvalue weighted by atomic mass is 9.93. The number of amides is 2. The van der Waals surface area contributed by atoms with Gasteiger partial charge in [0.2, 0.25) is 5.91 Å². The maximum Gasteiger partial charge on any atom is 0.259 e. The molecule has 0 saturated heterocycles. The lowest BCUT2D eigenvalue weighted by molar-refractivity contribution is -0.127. The molecule has 0 aromatic heterocycles. The second-order valence-electron chi connectivity index (χ2n) is 7.29. The van der Waals surface area contributed by atoms with E-state index in [1.807, 2.05) is 39.8 Å². The fourth-order valence-corrected chi connectivity index (χ4v) is 3.17. The van der Waals surface area contributed by atoms with E-state index >= 15 is 0 Å². The van der Waals surface area contributed by atoms with Crippen LogP contribution in [0.3, 0.4) is 0 Å². The average molecular weight is 382 g/mol. The first-order valence-corrected chi connectivity index (χ1v) is 9.49. The second-order valence-corrected chi connectivity index (χ2v) is 7.29. The number of hydrogen-bond donors (Lipinski definition) is 1. The summed E-state index contributed by atoms with van der Waals surface area (Å²) in [5.41, 5.74) is 1.16. The van der Waals surface area contributed by atoms with Crippen LogP contribution in [0.2, 0.25) is 0 Å². The average Bonchev–Trinajstić information content (AvgIpc) is 2.77. The highest BCUT2D eigenvalue weighted by Crippen LogP contribution is 2.38. The zero-order chi connectivity index (χ0) is 20.3. The van der Waals surface area contributed by atoms with Crippen molar-refractivity contribution in [3.05, 3.63) is 48.0 Å². The molecule has 2 amide bonds. The van der Waals surface area contributed by atoms with Gasteiger partial charge in [0.25, 0.3) is 5.91 Å². The minimum Gasteiger partial charge on any atom is -0.493 e. The van der Waals surface area contributed by atoms with E-state index in [9.17, 15) is 9.59 Å². The molecule has 1 N–H and O–H groups in total. The summed E-state index contributed by atoms with van der Waals surface area (Å²) in [5.74, 6) is 0.882. The number of carbonyl (C=O) groups is 2. The monoisotopic (exact) mass is 382 g/mol. The first-order valence-electron chi connectivity index (χ1n) is 9.49. The molecule has 0 fully saturated rings. The molecule has 0 aliphatic carbocycles. The summed E-state index contributed by atoms with van der Waals surface area (Å²) < 4.78 is 11.5. The lowest BCUT2D eigenvalue weighted by Gasteiger charge is -2.26. The number of ether oxygens (including phenoxy) is 2. The molecule has 0 radical (unpaired) electrons. The van der Waals surface area contributed by atoms with Gasteiger partial charge in [-0.05, 0) is 52.0 Å². The first kappa shape index (κ1) is 19.7. The lowest BCUT2D eigenvalue weighted by Crippen LogP contribution is -2.42. The van der Waals surface area contributed by atoms with Gasteiger partial charge in [-0.3, -0.25) is 9.59 Å². The van der Waals surface area contributed by atoms with Crippen LogP contribution in [-0.4, -0.2) is 31.6 Å². The van der Waals surface area contributed by atoms with Crippen molar-refractivity contribution in [3.63, 3.8) is 0 Å². The summed E-state index contributed by atoms with van der Waals surface area (Å²) in [7, 11) is 0. The quantitative estimate of drug-likeness (QED) is 0.845. The van der Waals surface area contributed by atoms with Crippen molar-refractivity contribution in [2.75, 3.05) is 30.0 Å². The maximum atomic E-state index is 12.8. The van der Waals surface area contributed by atoms with Crippen LogP contribution in [0.4, 0.5) is 11.4 Å². The molecule has 0 spiro atoms. The topological polar surface area (TPSA) is 67.9 Å². The Morgan fingerprint density at radius 3 is 2.68 bits per heavy atom. The molecule has 28 heavy (non-hydrogen) atoms. The molecular formula is C22H26N2O4. The van der Waals surface area contributed by atoms with Gasteiger partial charge in [-0.2, -0.15) is 0 Å². The molecule has 1 aliphatic rings. The number of fused-ring (bicyclic) bond motifs is 1. The van der Waals surface area contributed by atoms with Crippen molar-refractivity contribution in [2.24, 2.45) is 5.41 Å². The highest BCUT2D eigenvalue weighted by Gasteiger charge is 2.37. The Morgan fingerprint density at radius 1 is 1.21 bits per heavy atom. The predicted molar refractivity (Wildman–Crippen MR) is 109 cm³/mol. The van der Waals surface area contributed by atoms with Gasteiger partial charge in [0.15, 0.2) is 0 Å². The number of carbonyl (C=O) groups excluding carboxylic acids is 2. The van der Waals surface area contributed by atoms with Crippen molar-refractivity contribution in [2.45, 2.75) is 27.7 Å². The predicted octanol–water partition coefficient (Wildman–Crippen LogP) is 4.11. The third-order valence-corrected chi connectivity index (χ3v) is 4.67. The molecule has 6 nitrogen and oxygen atoms in total. The number of rotatable bonds is 5. The summed E-state index contributed by atoms with van der Waals surface area (Å²) in [6.45, 7) is 8.86. The van der Waals surface area contributed by atoms with Gasteiger partial charge in [-0.1, -0.05) is 12.1 Å². The number of anilines is 2. The number of benzene rings is 2. The molecule has 1 heterocycles. The molecular weight excluding hydrogens is 356 g/mol. The molecule has 1 aliphatic heterocycles. The van der Waals surface area contributed by atoms with Crippen molar-refractivity contribution in [3.8, 4) is 11.5 Å². The van der Waals surface area contributed by atoms with Crippen LogP contribution in [0.1, 0.15) is 38.1 Å². The molecule has 3 rings (SSSR count). The van der Waals surface area contributed by atoms with Crippen LogP contribution in [-0.2, 0) is 4.79 Å². The van der Waals surface area contributed by atoms with Crippen molar-refractivity contribution >= 4 is 23.2 Å². The zero-order valence-electron chi connectivity index (χ0n) is 16.7. The normalized spacial score (nSPS) is 15.3. The van der Waals surface area contributed by atoms with Gasteiger partial charge in [0.1, 0.15) is 18.1 Å². The molecule has 0 atom stereocenters. The number of para-hydroxylation sites is 1. The van der Waals surface area contributed by atoms with Gasteiger partial charge in [-0.15, -0.1) is 0 Å². The Bertz CT molecular complexity index is 892. The highest BCUT2D eigenvalue weighted by atomic mass is 16.5. The van der Waals surface area contributed by atoms with E-state index in [0.29, 0.717) is 41.6 Å². The molecule has 0 unspecified atom stereocenters. The molecule has 2 aromatic rings. The molecule has 6 heteroatoms. The molecule has 0 bridgehead atoms. The van der Waals surface area contributed by atoms with Gasteiger partial charge in [-0.25, -0.2) is 0 Å². The van der Waals surface area contributed by atoms with Crippen LogP contribution in [0.25, 0.3) is 0 Å². The Labute approximate surface area is 165 Å². The van der Waals surface area contributed by atoms with E-state index in [1.54, 1.807) is 35.2 Å². The van der Waals surface area contributed by atoms with Gasteiger partial charge in [0, 0.05) is 18.3 Å². The summed E-state index contributed by atoms with van der Waals surface area (Å²) in [5, 5.41) is 2.89. The summed E-state index contributed by atoms with van der Waals surface area (Å²) in [6, 6.07) is 12.5. The number of nitrogens with one attached hydrogen (secondary N) is 1. The van der Waals surface area contributed by atoms with Gasteiger partial charge < -0.3 is 19.7 Å². The standard InChI is InChI=1S/C22H26N2O4/c1-5-24-17-12-11-15(13-19(17)28-14-22(3,4)21(24)26)23-20(25)16-9-7-8-10-18(16)27-6-2/h7-13H,5-6,14H2,1-4H3,(H,23,25). The van der Waals surface area contributed by atoms with E-state index in [-0.39, 0.29) is 18.4 Å². The van der Waals surface area contributed by atoms with Crippen molar-refractivity contribution in [1.82, 2.24) is 0 Å². The molecule has 0 saturated carbocycles. The highest BCUT2D eigenvalue weighted by molar-refractivity contribution is 6.06. The Kier molecular flexibility index (Phi) is 5.58. The van der Waals surface area contributed by atoms with E-state index in [2.05, 4.69) is 5.32 Å². The minimum atomic E-state index is -0.616. The third-order valence-electron chi connectivity index (χ3n) is 4.67. The van der Waals surface area contributed by atoms with E-state index in [1.165, 1.54) is 0 Å². The fourth-order valence-electron chi connectivity index (χ4n) is 3.17. The minimum absolute atomic E-state index is 0.0242. The molecule has 2 aromatic carbocycles.